The van der Waals surface area contributed by atoms with Gasteiger partial charge in [-0.3, -0.25) is 0 Å². The van der Waals surface area contributed by atoms with Gasteiger partial charge in [-0.1, -0.05) is 33.1 Å². The quantitative estimate of drug-likeness (QED) is 0.640. The Morgan fingerprint density at radius 3 is 2.44 bits per heavy atom. The van der Waals surface area contributed by atoms with Crippen LogP contribution in [0.5, 0.6) is 0 Å². The lowest BCUT2D eigenvalue weighted by atomic mass is 9.97. The van der Waals surface area contributed by atoms with Gasteiger partial charge < -0.3 is 10.2 Å². The van der Waals surface area contributed by atoms with Crippen LogP contribution < -0.4 is 5.32 Å². The number of piperidine rings is 1. The molecule has 0 saturated carbocycles. The first-order valence-electron chi connectivity index (χ1n) is 7.29. The minimum atomic E-state index is 0.951. The Kier molecular flexibility index (Phi) is 7.87. The molecule has 1 rings (SSSR count). The molecule has 0 spiro atoms. The fourth-order valence-corrected chi connectivity index (χ4v) is 2.57. The molecular weight excluding hydrogens is 196 g/mol. The average molecular weight is 226 g/mol. The molecule has 0 aliphatic carbocycles. The highest BCUT2D eigenvalue weighted by Crippen LogP contribution is 2.14. The summed E-state index contributed by atoms with van der Waals surface area (Å²) in [7, 11) is 0. The van der Waals surface area contributed by atoms with Gasteiger partial charge in [0.1, 0.15) is 0 Å². The predicted octanol–water partition coefficient (Wildman–Crippen LogP) is 2.89. The van der Waals surface area contributed by atoms with Crippen LogP contribution >= 0.6 is 0 Å². The molecule has 0 unspecified atom stereocenters. The normalized spacial score (nSPS) is 18.2. The van der Waals surface area contributed by atoms with E-state index in [9.17, 15) is 0 Å². The molecule has 1 saturated heterocycles. The first kappa shape index (κ1) is 14.0. The van der Waals surface area contributed by atoms with Crippen molar-refractivity contribution in [2.45, 2.75) is 52.4 Å². The molecule has 0 aromatic carbocycles. The molecule has 0 bridgehead atoms. The van der Waals surface area contributed by atoms with E-state index in [1.54, 1.807) is 0 Å². The molecule has 1 N–H and O–H groups in total. The zero-order valence-corrected chi connectivity index (χ0v) is 11.3. The van der Waals surface area contributed by atoms with Crippen molar-refractivity contribution >= 4 is 0 Å². The molecule has 0 atom stereocenters. The summed E-state index contributed by atoms with van der Waals surface area (Å²) in [5.41, 5.74) is 0. The van der Waals surface area contributed by atoms with Gasteiger partial charge in [0.05, 0.1) is 0 Å². The zero-order chi connectivity index (χ0) is 11.6. The predicted molar refractivity (Wildman–Crippen MR) is 71.8 cm³/mol. The van der Waals surface area contributed by atoms with Gasteiger partial charge in [0, 0.05) is 6.54 Å². The molecule has 1 fully saturated rings. The van der Waals surface area contributed by atoms with Crippen molar-refractivity contribution in [2.75, 3.05) is 32.7 Å². The molecule has 0 amide bonds. The van der Waals surface area contributed by atoms with E-state index in [2.05, 4.69) is 24.1 Å². The fourth-order valence-electron chi connectivity index (χ4n) is 2.57. The Balaban J connectivity index is 2.09. The van der Waals surface area contributed by atoms with Gasteiger partial charge in [-0.25, -0.2) is 0 Å². The van der Waals surface area contributed by atoms with Gasteiger partial charge in [-0.05, 0) is 51.4 Å². The van der Waals surface area contributed by atoms with Gasteiger partial charge in [0.25, 0.3) is 0 Å². The van der Waals surface area contributed by atoms with E-state index in [0.717, 1.165) is 5.92 Å². The van der Waals surface area contributed by atoms with Gasteiger partial charge >= 0.3 is 0 Å². The number of hydrogen-bond acceptors (Lipinski definition) is 2. The van der Waals surface area contributed by atoms with Crippen molar-refractivity contribution in [1.82, 2.24) is 10.2 Å². The summed E-state index contributed by atoms with van der Waals surface area (Å²) in [4.78, 5) is 2.66. The maximum absolute atomic E-state index is 3.45. The third-order valence-electron chi connectivity index (χ3n) is 3.75. The lowest BCUT2D eigenvalue weighted by Gasteiger charge is -2.29. The number of rotatable bonds is 8. The number of hydrogen-bond donors (Lipinski definition) is 1. The van der Waals surface area contributed by atoms with Crippen LogP contribution in [0.3, 0.4) is 0 Å². The van der Waals surface area contributed by atoms with Gasteiger partial charge in [0.15, 0.2) is 0 Å². The molecule has 2 heteroatoms. The molecule has 1 aliphatic heterocycles. The van der Waals surface area contributed by atoms with Crippen LogP contribution in [0.25, 0.3) is 0 Å². The Morgan fingerprint density at radius 1 is 1.06 bits per heavy atom. The Morgan fingerprint density at radius 2 is 1.81 bits per heavy atom. The van der Waals surface area contributed by atoms with Gasteiger partial charge in [0.2, 0.25) is 0 Å². The first-order valence-corrected chi connectivity index (χ1v) is 7.29. The molecule has 1 heterocycles. The first-order chi connectivity index (χ1) is 7.86. The van der Waals surface area contributed by atoms with E-state index < -0.39 is 0 Å². The topological polar surface area (TPSA) is 15.3 Å². The smallest absolute Gasteiger partial charge is 0.00105 e. The highest BCUT2D eigenvalue weighted by atomic mass is 15.1. The highest BCUT2D eigenvalue weighted by molar-refractivity contribution is 4.72. The van der Waals surface area contributed by atoms with E-state index in [1.807, 2.05) is 0 Å². The van der Waals surface area contributed by atoms with Crippen LogP contribution in [0.2, 0.25) is 0 Å². The monoisotopic (exact) mass is 226 g/mol. The molecule has 96 valence electrons. The Labute approximate surface area is 102 Å². The van der Waals surface area contributed by atoms with E-state index >= 15 is 0 Å². The number of nitrogens with zero attached hydrogens (tertiary/aromatic N) is 1. The largest absolute Gasteiger partial charge is 0.317 e. The second kappa shape index (κ2) is 9.00. The summed E-state index contributed by atoms with van der Waals surface area (Å²) in [6.07, 6.45) is 8.33. The average Bonchev–Trinajstić information content (AvgIpc) is 2.34. The summed E-state index contributed by atoms with van der Waals surface area (Å²) in [5, 5.41) is 3.45. The Bertz CT molecular complexity index is 153. The fraction of sp³-hybridized carbons (Fsp3) is 1.00. The van der Waals surface area contributed by atoms with Crippen molar-refractivity contribution in [1.29, 1.82) is 0 Å². The second-order valence-electron chi connectivity index (χ2n) is 5.15. The molecule has 2 nitrogen and oxygen atoms in total. The SMILES string of the molecule is CCCCCCN(CC)CC1CCNCC1. The van der Waals surface area contributed by atoms with Crippen LogP contribution in [0, 0.1) is 5.92 Å². The molecular formula is C14H30N2. The minimum Gasteiger partial charge on any atom is -0.317 e. The van der Waals surface area contributed by atoms with Crippen molar-refractivity contribution in [3.63, 3.8) is 0 Å². The van der Waals surface area contributed by atoms with Gasteiger partial charge in [-0.2, -0.15) is 0 Å². The molecule has 0 aromatic heterocycles. The molecule has 16 heavy (non-hydrogen) atoms. The molecule has 0 radical (unpaired) electrons. The van der Waals surface area contributed by atoms with E-state index in [0.29, 0.717) is 0 Å². The molecule has 1 aliphatic rings. The zero-order valence-electron chi connectivity index (χ0n) is 11.3. The highest BCUT2D eigenvalue weighted by Gasteiger charge is 2.15. The van der Waals surface area contributed by atoms with Crippen LogP contribution in [0.1, 0.15) is 52.4 Å². The van der Waals surface area contributed by atoms with Gasteiger partial charge in [-0.15, -0.1) is 0 Å². The summed E-state index contributed by atoms with van der Waals surface area (Å²) in [5.74, 6) is 0.951. The van der Waals surface area contributed by atoms with Crippen LogP contribution in [-0.2, 0) is 0 Å². The van der Waals surface area contributed by atoms with E-state index in [1.165, 1.54) is 71.2 Å². The summed E-state index contributed by atoms with van der Waals surface area (Å²) >= 11 is 0. The third-order valence-corrected chi connectivity index (χ3v) is 3.75. The van der Waals surface area contributed by atoms with Crippen molar-refractivity contribution < 1.29 is 0 Å². The van der Waals surface area contributed by atoms with Crippen LogP contribution in [-0.4, -0.2) is 37.6 Å². The van der Waals surface area contributed by atoms with E-state index in [-0.39, 0.29) is 0 Å². The number of unbranched alkanes of at least 4 members (excludes halogenated alkanes) is 3. The third kappa shape index (κ3) is 5.86. The van der Waals surface area contributed by atoms with Crippen molar-refractivity contribution in [2.24, 2.45) is 5.92 Å². The number of nitrogens with one attached hydrogen (secondary N) is 1. The lowest BCUT2D eigenvalue weighted by molar-refractivity contribution is 0.210. The van der Waals surface area contributed by atoms with E-state index in [4.69, 9.17) is 0 Å². The Hall–Kier alpha value is -0.0800. The maximum Gasteiger partial charge on any atom is 0.00105 e. The summed E-state index contributed by atoms with van der Waals surface area (Å²) in [6.45, 7) is 10.9. The summed E-state index contributed by atoms with van der Waals surface area (Å²) in [6, 6.07) is 0. The van der Waals surface area contributed by atoms with Crippen molar-refractivity contribution in [3.8, 4) is 0 Å². The molecule has 0 aromatic rings. The van der Waals surface area contributed by atoms with Crippen LogP contribution in [0.4, 0.5) is 0 Å². The standard InChI is InChI=1S/C14H30N2/c1-3-5-6-7-12-16(4-2)13-14-8-10-15-11-9-14/h14-15H,3-13H2,1-2H3. The van der Waals surface area contributed by atoms with Crippen molar-refractivity contribution in [3.05, 3.63) is 0 Å². The van der Waals surface area contributed by atoms with Crippen LogP contribution in [0.15, 0.2) is 0 Å². The second-order valence-corrected chi connectivity index (χ2v) is 5.15. The summed E-state index contributed by atoms with van der Waals surface area (Å²) < 4.78 is 0. The minimum absolute atomic E-state index is 0.951. The lowest BCUT2D eigenvalue weighted by Crippen LogP contribution is -2.36. The maximum atomic E-state index is 3.45.